The van der Waals surface area contributed by atoms with Gasteiger partial charge in [-0.2, -0.15) is 0 Å². The van der Waals surface area contributed by atoms with Crippen molar-refractivity contribution in [3.8, 4) is 0 Å². The highest BCUT2D eigenvalue weighted by molar-refractivity contribution is 7.10. The Morgan fingerprint density at radius 2 is 0.964 bits per heavy atom. The predicted octanol–water partition coefficient (Wildman–Crippen LogP) is 4.22. The van der Waals surface area contributed by atoms with Crippen molar-refractivity contribution in [2.75, 3.05) is 0 Å². The Labute approximate surface area is 164 Å². The van der Waals surface area contributed by atoms with Crippen molar-refractivity contribution < 1.29 is 19.2 Å². The topological polar surface area (TPSA) is 68.3 Å². The van der Waals surface area contributed by atoms with Gasteiger partial charge in [0.15, 0.2) is 23.1 Å². The summed E-state index contributed by atoms with van der Waals surface area (Å²) in [4.78, 5) is 53.3. The van der Waals surface area contributed by atoms with E-state index in [2.05, 4.69) is 0 Å². The Hall–Kier alpha value is -3.18. The first-order chi connectivity index (χ1) is 13.6. The number of benzene rings is 2. The van der Waals surface area contributed by atoms with Crippen molar-refractivity contribution >= 4 is 34.5 Å². The van der Waals surface area contributed by atoms with Crippen molar-refractivity contribution in [2.45, 2.75) is 5.92 Å². The van der Waals surface area contributed by atoms with E-state index in [0.29, 0.717) is 27.1 Å². The zero-order valence-electron chi connectivity index (χ0n) is 14.6. The largest absolute Gasteiger partial charge is 0.293 e. The van der Waals surface area contributed by atoms with Gasteiger partial charge in [-0.1, -0.05) is 54.6 Å². The fourth-order valence-corrected chi connectivity index (χ4v) is 5.29. The lowest BCUT2D eigenvalue weighted by molar-refractivity contribution is 0.0731. The molecule has 5 heteroatoms. The minimum Gasteiger partial charge on any atom is -0.293 e. The number of carbonyl (C=O) groups excluding carboxylic acids is 4. The molecule has 0 spiro atoms. The highest BCUT2D eigenvalue weighted by Gasteiger charge is 2.53. The van der Waals surface area contributed by atoms with Crippen molar-refractivity contribution in [3.05, 3.63) is 93.2 Å². The summed E-state index contributed by atoms with van der Waals surface area (Å²) >= 11 is 1.36. The molecule has 0 unspecified atom stereocenters. The molecular weight excluding hydrogens is 372 g/mol. The van der Waals surface area contributed by atoms with Crippen LogP contribution in [0, 0.1) is 11.8 Å². The van der Waals surface area contributed by atoms with Crippen LogP contribution in [-0.4, -0.2) is 23.1 Å². The van der Waals surface area contributed by atoms with Crippen molar-refractivity contribution in [1.29, 1.82) is 0 Å². The monoisotopic (exact) mass is 386 g/mol. The van der Waals surface area contributed by atoms with Crippen LogP contribution in [0.25, 0.3) is 0 Å². The molecule has 0 saturated heterocycles. The first-order valence-electron chi connectivity index (χ1n) is 8.98. The van der Waals surface area contributed by atoms with E-state index < -0.39 is 17.8 Å². The maximum absolute atomic E-state index is 13.1. The fraction of sp³-hybridized carbons (Fsp3) is 0.130. The smallest absolute Gasteiger partial charge is 0.175 e. The Kier molecular flexibility index (Phi) is 3.74. The third-order valence-electron chi connectivity index (χ3n) is 5.64. The van der Waals surface area contributed by atoms with Gasteiger partial charge in [-0.05, 0) is 11.4 Å². The molecule has 0 atom stereocenters. The normalized spacial score (nSPS) is 16.9. The maximum atomic E-state index is 13.1. The molecule has 0 amide bonds. The number of rotatable bonds is 3. The molecule has 0 bridgehead atoms. The number of Topliss-reactive ketones (excluding diaryl/α,β-unsaturated/α-hetero) is 4. The Morgan fingerprint density at radius 1 is 0.571 bits per heavy atom. The van der Waals surface area contributed by atoms with Gasteiger partial charge in [0.05, 0.1) is 11.8 Å². The average Bonchev–Trinajstić information content (AvgIpc) is 3.40. The van der Waals surface area contributed by atoms with E-state index in [4.69, 9.17) is 0 Å². The Morgan fingerprint density at radius 3 is 1.29 bits per heavy atom. The van der Waals surface area contributed by atoms with E-state index in [1.54, 1.807) is 60.7 Å². The third kappa shape index (κ3) is 2.23. The molecule has 1 heterocycles. The number of hydrogen-bond donors (Lipinski definition) is 0. The predicted molar refractivity (Wildman–Crippen MR) is 104 cm³/mol. The van der Waals surface area contributed by atoms with Crippen LogP contribution in [0.3, 0.4) is 0 Å². The summed E-state index contributed by atoms with van der Waals surface area (Å²) in [5.41, 5.74) is 1.48. The van der Waals surface area contributed by atoms with Crippen LogP contribution in [0.2, 0.25) is 0 Å². The molecule has 136 valence electrons. The van der Waals surface area contributed by atoms with E-state index in [1.807, 2.05) is 5.38 Å². The fourth-order valence-electron chi connectivity index (χ4n) is 4.39. The molecular formula is C23H14O4S. The lowest BCUT2D eigenvalue weighted by Crippen LogP contribution is -2.34. The number of hydrogen-bond acceptors (Lipinski definition) is 5. The highest BCUT2D eigenvalue weighted by atomic mass is 32.1. The second-order valence-corrected chi connectivity index (χ2v) is 8.02. The summed E-state index contributed by atoms with van der Waals surface area (Å²) in [6.07, 6.45) is 0. The molecule has 28 heavy (non-hydrogen) atoms. The summed E-state index contributed by atoms with van der Waals surface area (Å²) in [6, 6.07) is 17.0. The summed E-state index contributed by atoms with van der Waals surface area (Å²) < 4.78 is 0. The summed E-state index contributed by atoms with van der Waals surface area (Å²) in [6.45, 7) is 0. The Balaban J connectivity index is 1.66. The van der Waals surface area contributed by atoms with Gasteiger partial charge in [-0.25, -0.2) is 0 Å². The molecule has 0 fully saturated rings. The van der Waals surface area contributed by atoms with Crippen molar-refractivity contribution in [3.63, 3.8) is 0 Å². The van der Waals surface area contributed by atoms with Gasteiger partial charge in [-0.15, -0.1) is 11.3 Å². The highest BCUT2D eigenvalue weighted by Crippen LogP contribution is 2.46. The van der Waals surface area contributed by atoms with Crippen LogP contribution < -0.4 is 0 Å². The Bertz CT molecular complexity index is 1010. The first-order valence-corrected chi connectivity index (χ1v) is 9.86. The minimum atomic E-state index is -1.05. The van der Waals surface area contributed by atoms with Crippen LogP contribution in [0.5, 0.6) is 0 Å². The lowest BCUT2D eigenvalue weighted by atomic mass is 9.75. The second-order valence-electron chi connectivity index (χ2n) is 7.04. The van der Waals surface area contributed by atoms with Gasteiger partial charge in [-0.3, -0.25) is 19.2 Å². The van der Waals surface area contributed by atoms with E-state index in [1.165, 1.54) is 11.3 Å². The van der Waals surface area contributed by atoms with Crippen LogP contribution in [0.15, 0.2) is 66.0 Å². The van der Waals surface area contributed by atoms with Gasteiger partial charge in [0.1, 0.15) is 0 Å². The quantitative estimate of drug-likeness (QED) is 0.632. The van der Waals surface area contributed by atoms with E-state index in [9.17, 15) is 19.2 Å². The second kappa shape index (κ2) is 6.17. The lowest BCUT2D eigenvalue weighted by Gasteiger charge is -2.24. The first kappa shape index (κ1) is 17.0. The molecule has 0 aliphatic heterocycles. The minimum absolute atomic E-state index is 0.310. The van der Waals surface area contributed by atoms with Crippen LogP contribution in [0.4, 0.5) is 0 Å². The third-order valence-corrected chi connectivity index (χ3v) is 6.61. The summed E-state index contributed by atoms with van der Waals surface area (Å²) in [5.74, 6) is -4.14. The van der Waals surface area contributed by atoms with Crippen LogP contribution in [0.1, 0.15) is 52.2 Å². The zero-order valence-corrected chi connectivity index (χ0v) is 15.4. The average molecular weight is 386 g/mol. The van der Waals surface area contributed by atoms with Gasteiger partial charge < -0.3 is 0 Å². The van der Waals surface area contributed by atoms with Gasteiger partial charge in [0.2, 0.25) is 0 Å². The van der Waals surface area contributed by atoms with E-state index in [0.717, 1.165) is 0 Å². The standard InChI is InChI=1S/C23H14O4S/c24-20-12-6-1-2-7-13(12)21(25)18(20)17(16-10-5-11-28-16)19-22(26)14-8-3-4-9-15(14)23(19)27/h1-11,17-19H. The van der Waals surface area contributed by atoms with Crippen molar-refractivity contribution in [2.24, 2.45) is 11.8 Å². The molecule has 5 rings (SSSR count). The van der Waals surface area contributed by atoms with Crippen LogP contribution >= 0.6 is 11.3 Å². The molecule has 0 radical (unpaired) electrons. The van der Waals surface area contributed by atoms with E-state index >= 15 is 0 Å². The van der Waals surface area contributed by atoms with Gasteiger partial charge >= 0.3 is 0 Å². The summed E-state index contributed by atoms with van der Waals surface area (Å²) in [7, 11) is 0. The molecule has 1 aromatic heterocycles. The number of ketones is 4. The van der Waals surface area contributed by atoms with Gasteiger partial charge in [0.25, 0.3) is 0 Å². The molecule has 0 saturated carbocycles. The molecule has 0 N–H and O–H groups in total. The SMILES string of the molecule is O=C1c2ccccc2C(=O)C1C(c1cccs1)C1C(=O)c2ccccc2C1=O. The molecule has 2 aliphatic rings. The number of thiophene rings is 1. The maximum Gasteiger partial charge on any atom is 0.175 e. The molecule has 2 aromatic carbocycles. The molecule has 2 aliphatic carbocycles. The zero-order chi connectivity index (χ0) is 19.4. The molecule has 3 aromatic rings. The number of fused-ring (bicyclic) bond motifs is 2. The number of carbonyl (C=O) groups is 4. The van der Waals surface area contributed by atoms with Crippen molar-refractivity contribution in [1.82, 2.24) is 0 Å². The van der Waals surface area contributed by atoms with Crippen LogP contribution in [-0.2, 0) is 0 Å². The van der Waals surface area contributed by atoms with E-state index in [-0.39, 0.29) is 23.1 Å². The molecule has 4 nitrogen and oxygen atoms in total. The van der Waals surface area contributed by atoms with Gasteiger partial charge in [0, 0.05) is 33.0 Å². The summed E-state index contributed by atoms with van der Waals surface area (Å²) in [5, 5.41) is 1.83.